The van der Waals surface area contributed by atoms with Gasteiger partial charge in [-0.2, -0.15) is 0 Å². The highest BCUT2D eigenvalue weighted by Crippen LogP contribution is 2.03. The summed E-state index contributed by atoms with van der Waals surface area (Å²) in [4.78, 5) is 14.9. The lowest BCUT2D eigenvalue weighted by Crippen LogP contribution is -2.32. The van der Waals surface area contributed by atoms with Crippen LogP contribution in [-0.2, 0) is 0 Å². The Morgan fingerprint density at radius 2 is 2.27 bits per heavy atom. The highest BCUT2D eigenvalue weighted by atomic mass is 19.3. The van der Waals surface area contributed by atoms with Crippen LogP contribution in [0.5, 0.6) is 0 Å². The molecule has 1 rings (SSSR count). The average molecular weight is 215 g/mol. The molecule has 2 amide bonds. The fourth-order valence-corrected chi connectivity index (χ4v) is 0.872. The molecule has 1 aromatic rings. The van der Waals surface area contributed by atoms with Crippen LogP contribution in [0, 0.1) is 6.92 Å². The van der Waals surface area contributed by atoms with Crippen molar-refractivity contribution in [2.45, 2.75) is 13.3 Å². The molecule has 0 aliphatic rings. The molecule has 0 saturated carbocycles. The normalized spacial score (nSPS) is 10.1. The number of halogens is 2. The standard InChI is InChI=1S/C9H11F2N3O/c1-6-2-3-8(12-4-6)14-9(15)13-5-7(10)11/h2-4,7H,5H2,1H3,(H2,12,13,14,15). The molecule has 4 nitrogen and oxygen atoms in total. The highest BCUT2D eigenvalue weighted by Gasteiger charge is 2.06. The van der Waals surface area contributed by atoms with Crippen molar-refractivity contribution in [2.75, 3.05) is 11.9 Å². The first-order valence-electron chi connectivity index (χ1n) is 4.33. The minimum atomic E-state index is -2.55. The van der Waals surface area contributed by atoms with Crippen molar-refractivity contribution in [3.05, 3.63) is 23.9 Å². The third-order valence-corrected chi connectivity index (χ3v) is 1.57. The Hall–Kier alpha value is -1.72. The van der Waals surface area contributed by atoms with Crippen LogP contribution in [0.25, 0.3) is 0 Å². The van der Waals surface area contributed by atoms with Crippen LogP contribution in [0.1, 0.15) is 5.56 Å². The SMILES string of the molecule is Cc1ccc(NC(=O)NCC(F)F)nc1. The quantitative estimate of drug-likeness (QED) is 0.807. The molecule has 82 valence electrons. The number of nitrogens with one attached hydrogen (secondary N) is 2. The van der Waals surface area contributed by atoms with E-state index in [1.807, 2.05) is 12.2 Å². The van der Waals surface area contributed by atoms with Gasteiger partial charge in [0.25, 0.3) is 6.43 Å². The largest absolute Gasteiger partial charge is 0.332 e. The molecule has 0 atom stereocenters. The van der Waals surface area contributed by atoms with Gasteiger partial charge in [0, 0.05) is 6.20 Å². The maximum atomic E-state index is 11.7. The van der Waals surface area contributed by atoms with Gasteiger partial charge >= 0.3 is 6.03 Å². The summed E-state index contributed by atoms with van der Waals surface area (Å²) in [6.45, 7) is 1.19. The number of alkyl halides is 2. The monoisotopic (exact) mass is 215 g/mol. The van der Waals surface area contributed by atoms with Crippen LogP contribution < -0.4 is 10.6 Å². The second-order valence-electron chi connectivity index (χ2n) is 2.95. The van der Waals surface area contributed by atoms with Crippen molar-refractivity contribution in [3.8, 4) is 0 Å². The van der Waals surface area contributed by atoms with Gasteiger partial charge in [0.1, 0.15) is 5.82 Å². The van der Waals surface area contributed by atoms with Gasteiger partial charge in [-0.25, -0.2) is 18.6 Å². The van der Waals surface area contributed by atoms with Gasteiger partial charge in [-0.3, -0.25) is 5.32 Å². The van der Waals surface area contributed by atoms with E-state index >= 15 is 0 Å². The molecule has 0 fully saturated rings. The number of urea groups is 1. The zero-order chi connectivity index (χ0) is 11.3. The molecule has 1 heterocycles. The molecular weight excluding hydrogens is 204 g/mol. The summed E-state index contributed by atoms with van der Waals surface area (Å²) < 4.78 is 23.5. The van der Waals surface area contributed by atoms with Gasteiger partial charge in [0.2, 0.25) is 0 Å². The number of nitrogens with zero attached hydrogens (tertiary/aromatic N) is 1. The molecule has 0 unspecified atom stereocenters. The average Bonchev–Trinajstić information content (AvgIpc) is 2.19. The molecule has 1 aromatic heterocycles. The Balaban J connectivity index is 2.41. The molecule has 0 saturated heterocycles. The molecule has 0 spiro atoms. The van der Waals surface area contributed by atoms with Gasteiger partial charge in [-0.15, -0.1) is 0 Å². The Labute approximate surface area is 85.7 Å². The molecule has 0 bridgehead atoms. The third kappa shape index (κ3) is 4.35. The zero-order valence-electron chi connectivity index (χ0n) is 8.13. The fraction of sp³-hybridized carbons (Fsp3) is 0.333. The van der Waals surface area contributed by atoms with Crippen molar-refractivity contribution in [1.29, 1.82) is 0 Å². The first-order valence-corrected chi connectivity index (χ1v) is 4.33. The second kappa shape index (κ2) is 5.23. The van der Waals surface area contributed by atoms with Crippen LogP contribution >= 0.6 is 0 Å². The van der Waals surface area contributed by atoms with E-state index in [0.29, 0.717) is 5.82 Å². The number of rotatable bonds is 3. The molecule has 0 radical (unpaired) electrons. The number of pyridine rings is 1. The number of carbonyl (C=O) groups is 1. The summed E-state index contributed by atoms with van der Waals surface area (Å²) in [5.74, 6) is 0.326. The lowest BCUT2D eigenvalue weighted by molar-refractivity contribution is 0.148. The number of hydrogen-bond donors (Lipinski definition) is 2. The molecule has 15 heavy (non-hydrogen) atoms. The zero-order valence-corrected chi connectivity index (χ0v) is 8.13. The van der Waals surface area contributed by atoms with Crippen LogP contribution in [0.3, 0.4) is 0 Å². The van der Waals surface area contributed by atoms with Crippen molar-refractivity contribution in [2.24, 2.45) is 0 Å². The van der Waals surface area contributed by atoms with E-state index < -0.39 is 19.0 Å². The van der Waals surface area contributed by atoms with E-state index in [1.54, 1.807) is 18.3 Å². The van der Waals surface area contributed by atoms with Crippen molar-refractivity contribution in [1.82, 2.24) is 10.3 Å². The maximum absolute atomic E-state index is 11.7. The summed E-state index contributed by atoms with van der Waals surface area (Å²) >= 11 is 0. The third-order valence-electron chi connectivity index (χ3n) is 1.57. The van der Waals surface area contributed by atoms with Gasteiger partial charge in [-0.05, 0) is 18.6 Å². The molecule has 0 aliphatic heterocycles. The second-order valence-corrected chi connectivity index (χ2v) is 2.95. The summed E-state index contributed by atoms with van der Waals surface area (Å²) in [7, 11) is 0. The number of aryl methyl sites for hydroxylation is 1. The highest BCUT2D eigenvalue weighted by molar-refractivity contribution is 5.88. The Morgan fingerprint density at radius 1 is 1.53 bits per heavy atom. The first kappa shape index (κ1) is 11.4. The Bertz CT molecular complexity index is 327. The topological polar surface area (TPSA) is 54.0 Å². The first-order chi connectivity index (χ1) is 7.08. The molecule has 2 N–H and O–H groups in total. The van der Waals surface area contributed by atoms with Crippen molar-refractivity contribution >= 4 is 11.8 Å². The lowest BCUT2D eigenvalue weighted by Gasteiger charge is -2.06. The number of hydrogen-bond acceptors (Lipinski definition) is 2. The van der Waals surface area contributed by atoms with Crippen LogP contribution in [0.15, 0.2) is 18.3 Å². The summed E-state index contributed by atoms with van der Waals surface area (Å²) in [5, 5.41) is 4.34. The Morgan fingerprint density at radius 3 is 2.80 bits per heavy atom. The Kier molecular flexibility index (Phi) is 3.96. The maximum Gasteiger partial charge on any atom is 0.320 e. The van der Waals surface area contributed by atoms with Crippen LogP contribution in [0.4, 0.5) is 19.4 Å². The van der Waals surface area contributed by atoms with Crippen LogP contribution in [0.2, 0.25) is 0 Å². The predicted octanol–water partition coefficient (Wildman–Crippen LogP) is 1.78. The number of anilines is 1. The minimum absolute atomic E-state index is 0.326. The predicted molar refractivity (Wildman–Crippen MR) is 52.0 cm³/mol. The number of aromatic nitrogens is 1. The molecule has 0 aromatic carbocycles. The fourth-order valence-electron chi connectivity index (χ4n) is 0.872. The number of carbonyl (C=O) groups excluding carboxylic acids is 1. The summed E-state index contributed by atoms with van der Waals surface area (Å²) in [6, 6.07) is 2.67. The summed E-state index contributed by atoms with van der Waals surface area (Å²) in [6.07, 6.45) is -0.982. The smallest absolute Gasteiger partial charge is 0.320 e. The summed E-state index contributed by atoms with van der Waals surface area (Å²) in [5.41, 5.74) is 0.952. The van der Waals surface area contributed by atoms with E-state index in [4.69, 9.17) is 0 Å². The van der Waals surface area contributed by atoms with E-state index in [0.717, 1.165) is 5.56 Å². The lowest BCUT2D eigenvalue weighted by atomic mass is 10.3. The van der Waals surface area contributed by atoms with E-state index in [9.17, 15) is 13.6 Å². The van der Waals surface area contributed by atoms with Gasteiger partial charge in [0.05, 0.1) is 6.54 Å². The van der Waals surface area contributed by atoms with E-state index in [-0.39, 0.29) is 0 Å². The molecular formula is C9H11F2N3O. The minimum Gasteiger partial charge on any atom is -0.332 e. The van der Waals surface area contributed by atoms with E-state index in [2.05, 4.69) is 10.3 Å². The molecule has 6 heteroatoms. The van der Waals surface area contributed by atoms with Gasteiger partial charge in [-0.1, -0.05) is 6.07 Å². The van der Waals surface area contributed by atoms with Crippen molar-refractivity contribution in [3.63, 3.8) is 0 Å². The van der Waals surface area contributed by atoms with Gasteiger partial charge < -0.3 is 5.32 Å². The van der Waals surface area contributed by atoms with Crippen molar-refractivity contribution < 1.29 is 13.6 Å². The van der Waals surface area contributed by atoms with E-state index in [1.165, 1.54) is 0 Å². The van der Waals surface area contributed by atoms with Crippen LogP contribution in [-0.4, -0.2) is 24.0 Å². The van der Waals surface area contributed by atoms with Gasteiger partial charge in [0.15, 0.2) is 0 Å². The molecule has 0 aliphatic carbocycles. The number of amides is 2.